The van der Waals surface area contributed by atoms with Gasteiger partial charge < -0.3 is 9.88 Å². The van der Waals surface area contributed by atoms with Crippen LogP contribution in [0.1, 0.15) is 28.4 Å². The number of nitrogens with zero attached hydrogens (tertiary/aromatic N) is 3. The van der Waals surface area contributed by atoms with Crippen LogP contribution in [0.4, 0.5) is 4.39 Å². The van der Waals surface area contributed by atoms with Crippen molar-refractivity contribution in [3.8, 4) is 0 Å². The second-order valence-corrected chi connectivity index (χ2v) is 7.76. The molecule has 1 N–H and O–H groups in total. The molecule has 152 valence electrons. The molecule has 0 aliphatic rings. The fourth-order valence-corrected chi connectivity index (χ4v) is 4.12. The van der Waals surface area contributed by atoms with Gasteiger partial charge in [0.1, 0.15) is 5.82 Å². The fourth-order valence-electron chi connectivity index (χ4n) is 3.15. The van der Waals surface area contributed by atoms with Crippen molar-refractivity contribution < 1.29 is 9.18 Å². The lowest BCUT2D eigenvalue weighted by Crippen LogP contribution is -2.22. The Labute approximate surface area is 178 Å². The molecule has 0 fully saturated rings. The maximum Gasteiger partial charge on any atom is 0.251 e. The Balaban J connectivity index is 1.55. The number of rotatable bonds is 7. The van der Waals surface area contributed by atoms with Crippen LogP contribution in [-0.2, 0) is 12.3 Å². The summed E-state index contributed by atoms with van der Waals surface area (Å²) in [5.74, 6) is 0.405. The van der Waals surface area contributed by atoms with E-state index in [0.717, 1.165) is 33.1 Å². The van der Waals surface area contributed by atoms with Gasteiger partial charge in [-0.2, -0.15) is 0 Å². The van der Waals surface area contributed by atoms with Gasteiger partial charge in [-0.25, -0.2) is 9.37 Å². The van der Waals surface area contributed by atoms with E-state index < -0.39 is 0 Å². The van der Waals surface area contributed by atoms with Gasteiger partial charge >= 0.3 is 0 Å². The number of aromatic nitrogens is 3. The average Bonchev–Trinajstić information content (AvgIpc) is 3.12. The molecule has 0 bridgehead atoms. The van der Waals surface area contributed by atoms with Gasteiger partial charge in [-0.3, -0.25) is 9.78 Å². The lowest BCUT2D eigenvalue weighted by Gasteiger charge is -2.09. The van der Waals surface area contributed by atoms with E-state index in [1.807, 2.05) is 37.3 Å². The molecular formula is C23H21FN4OS. The first-order valence-corrected chi connectivity index (χ1v) is 10.7. The number of carbonyl (C=O) groups excluding carboxylic acids is 1. The number of nitrogens with one attached hydrogen (secondary N) is 1. The summed E-state index contributed by atoms with van der Waals surface area (Å²) in [5.41, 5.74) is 4.57. The minimum absolute atomic E-state index is 0.0645. The summed E-state index contributed by atoms with van der Waals surface area (Å²) in [4.78, 5) is 20.9. The Morgan fingerprint density at radius 3 is 2.53 bits per heavy atom. The third-order valence-electron chi connectivity index (χ3n) is 4.69. The molecule has 5 nitrogen and oxygen atoms in total. The Bertz CT molecular complexity index is 1160. The van der Waals surface area contributed by atoms with E-state index in [4.69, 9.17) is 4.98 Å². The molecule has 30 heavy (non-hydrogen) atoms. The van der Waals surface area contributed by atoms with E-state index in [2.05, 4.69) is 14.9 Å². The van der Waals surface area contributed by atoms with Crippen LogP contribution >= 0.6 is 11.8 Å². The second kappa shape index (κ2) is 9.09. The monoisotopic (exact) mass is 420 g/mol. The molecule has 0 saturated carbocycles. The third kappa shape index (κ3) is 4.52. The number of fused-ring (bicyclic) bond motifs is 1. The maximum absolute atomic E-state index is 13.3. The Kier molecular flexibility index (Phi) is 6.09. The van der Waals surface area contributed by atoms with Crippen LogP contribution in [0.5, 0.6) is 0 Å². The minimum Gasteiger partial charge on any atom is -0.352 e. The SMILES string of the molecule is CCNC(=O)c1ccc(CSc2nc3ccncc3n2Cc2ccc(F)cc2)cc1. The van der Waals surface area contributed by atoms with Crippen LogP contribution < -0.4 is 5.32 Å². The van der Waals surface area contributed by atoms with E-state index in [1.54, 1.807) is 36.3 Å². The van der Waals surface area contributed by atoms with Crippen molar-refractivity contribution in [3.05, 3.63) is 89.5 Å². The van der Waals surface area contributed by atoms with E-state index in [1.165, 1.54) is 12.1 Å². The van der Waals surface area contributed by atoms with Crippen molar-refractivity contribution in [1.29, 1.82) is 0 Å². The average molecular weight is 421 g/mol. The first-order chi connectivity index (χ1) is 14.6. The van der Waals surface area contributed by atoms with Gasteiger partial charge in [-0.15, -0.1) is 0 Å². The molecule has 0 atom stereocenters. The number of hydrogen-bond acceptors (Lipinski definition) is 4. The minimum atomic E-state index is -0.249. The van der Waals surface area contributed by atoms with Crippen molar-refractivity contribution in [3.63, 3.8) is 0 Å². The van der Waals surface area contributed by atoms with E-state index >= 15 is 0 Å². The number of thioether (sulfide) groups is 1. The Hall–Kier alpha value is -3.19. The fraction of sp³-hybridized carbons (Fsp3) is 0.174. The summed E-state index contributed by atoms with van der Waals surface area (Å²) in [6, 6.07) is 16.0. The van der Waals surface area contributed by atoms with Gasteiger partial charge in [0.05, 0.1) is 23.8 Å². The zero-order chi connectivity index (χ0) is 20.9. The van der Waals surface area contributed by atoms with Crippen molar-refractivity contribution in [2.75, 3.05) is 6.54 Å². The molecular weight excluding hydrogens is 399 g/mol. The van der Waals surface area contributed by atoms with Crippen molar-refractivity contribution in [2.45, 2.75) is 24.4 Å². The number of carbonyl (C=O) groups is 1. The predicted octanol–water partition coefficient (Wildman–Crippen LogP) is 4.66. The van der Waals surface area contributed by atoms with E-state index in [0.29, 0.717) is 18.7 Å². The molecule has 2 aromatic carbocycles. The maximum atomic E-state index is 13.3. The van der Waals surface area contributed by atoms with Gasteiger partial charge in [-0.05, 0) is 48.4 Å². The van der Waals surface area contributed by atoms with Gasteiger partial charge in [0.2, 0.25) is 0 Å². The zero-order valence-corrected chi connectivity index (χ0v) is 17.3. The van der Waals surface area contributed by atoms with Gasteiger partial charge in [0.25, 0.3) is 5.91 Å². The number of halogens is 1. The van der Waals surface area contributed by atoms with Gasteiger partial charge in [-0.1, -0.05) is 36.0 Å². The lowest BCUT2D eigenvalue weighted by atomic mass is 10.1. The highest BCUT2D eigenvalue weighted by molar-refractivity contribution is 7.98. The van der Waals surface area contributed by atoms with Gasteiger partial charge in [0, 0.05) is 24.1 Å². The predicted molar refractivity (Wildman–Crippen MR) is 117 cm³/mol. The number of hydrogen-bond donors (Lipinski definition) is 1. The molecule has 7 heteroatoms. The lowest BCUT2D eigenvalue weighted by molar-refractivity contribution is 0.0956. The van der Waals surface area contributed by atoms with Crippen LogP contribution in [0, 0.1) is 5.82 Å². The Morgan fingerprint density at radius 1 is 1.07 bits per heavy atom. The summed E-state index contributed by atoms with van der Waals surface area (Å²) >= 11 is 1.62. The number of amides is 1. The molecule has 0 unspecified atom stereocenters. The van der Waals surface area contributed by atoms with Crippen molar-refractivity contribution in [2.24, 2.45) is 0 Å². The molecule has 4 rings (SSSR count). The van der Waals surface area contributed by atoms with Crippen molar-refractivity contribution in [1.82, 2.24) is 19.9 Å². The summed E-state index contributed by atoms with van der Waals surface area (Å²) in [6.07, 6.45) is 3.53. The topological polar surface area (TPSA) is 59.8 Å². The highest BCUT2D eigenvalue weighted by Crippen LogP contribution is 2.27. The quantitative estimate of drug-likeness (QED) is 0.442. The molecule has 0 aliphatic carbocycles. The standard InChI is InChI=1S/C23H21FN4OS/c1-2-26-22(29)18-7-3-17(4-8-18)15-30-23-27-20-11-12-25-13-21(20)28(23)14-16-5-9-19(24)10-6-16/h3-13H,2,14-15H2,1H3,(H,26,29). The molecule has 2 aromatic heterocycles. The summed E-state index contributed by atoms with van der Waals surface area (Å²) in [6.45, 7) is 3.09. The zero-order valence-electron chi connectivity index (χ0n) is 16.5. The van der Waals surface area contributed by atoms with Crippen LogP contribution in [0.15, 0.2) is 72.1 Å². The highest BCUT2D eigenvalue weighted by Gasteiger charge is 2.13. The summed E-state index contributed by atoms with van der Waals surface area (Å²) in [7, 11) is 0. The largest absolute Gasteiger partial charge is 0.352 e. The third-order valence-corrected chi connectivity index (χ3v) is 5.74. The van der Waals surface area contributed by atoms with Crippen LogP contribution in [0.3, 0.4) is 0 Å². The number of pyridine rings is 1. The van der Waals surface area contributed by atoms with E-state index in [-0.39, 0.29) is 11.7 Å². The second-order valence-electron chi connectivity index (χ2n) is 6.82. The molecule has 0 radical (unpaired) electrons. The van der Waals surface area contributed by atoms with E-state index in [9.17, 15) is 9.18 Å². The van der Waals surface area contributed by atoms with Gasteiger partial charge in [0.15, 0.2) is 5.16 Å². The van der Waals surface area contributed by atoms with Crippen LogP contribution in [0.25, 0.3) is 11.0 Å². The van der Waals surface area contributed by atoms with Crippen molar-refractivity contribution >= 4 is 28.7 Å². The first kappa shape index (κ1) is 20.1. The molecule has 0 spiro atoms. The Morgan fingerprint density at radius 2 is 1.80 bits per heavy atom. The molecule has 0 saturated heterocycles. The number of imidazole rings is 1. The summed E-state index contributed by atoms with van der Waals surface area (Å²) < 4.78 is 15.4. The normalized spacial score (nSPS) is 11.0. The van der Waals surface area contributed by atoms with Crippen LogP contribution in [-0.4, -0.2) is 27.0 Å². The molecule has 2 heterocycles. The van der Waals surface area contributed by atoms with Crippen LogP contribution in [0.2, 0.25) is 0 Å². The molecule has 0 aliphatic heterocycles. The smallest absolute Gasteiger partial charge is 0.251 e. The summed E-state index contributed by atoms with van der Waals surface area (Å²) in [5, 5.41) is 3.67. The molecule has 1 amide bonds. The molecule has 4 aromatic rings. The first-order valence-electron chi connectivity index (χ1n) is 9.68. The number of benzene rings is 2. The highest BCUT2D eigenvalue weighted by atomic mass is 32.2.